The molecule has 2 amide bonds. The molecular formula is C21H16F3N3O3. The average Bonchev–Trinajstić information content (AvgIpc) is 2.72. The van der Waals surface area contributed by atoms with Gasteiger partial charge in [0.25, 0.3) is 5.91 Å². The highest BCUT2D eigenvalue weighted by molar-refractivity contribution is 5.99. The molecule has 2 N–H and O–H groups in total. The number of carbonyl (C=O) groups excluding carboxylic acids is 2. The van der Waals surface area contributed by atoms with Crippen molar-refractivity contribution in [1.82, 2.24) is 10.3 Å². The van der Waals surface area contributed by atoms with Crippen LogP contribution in [0, 0.1) is 0 Å². The number of ether oxygens (including phenoxy) is 1. The molecule has 0 aliphatic rings. The number of aromatic nitrogens is 1. The first kappa shape index (κ1) is 20.8. The van der Waals surface area contributed by atoms with Gasteiger partial charge in [0.15, 0.2) is 0 Å². The van der Waals surface area contributed by atoms with E-state index in [1.807, 2.05) is 0 Å². The van der Waals surface area contributed by atoms with Crippen molar-refractivity contribution < 1.29 is 27.5 Å². The Morgan fingerprint density at radius 2 is 1.70 bits per heavy atom. The number of benzene rings is 2. The van der Waals surface area contributed by atoms with Crippen LogP contribution in [-0.2, 0) is 11.0 Å². The number of carbonyl (C=O) groups is 2. The van der Waals surface area contributed by atoms with E-state index in [1.54, 1.807) is 18.3 Å². The lowest BCUT2D eigenvalue weighted by atomic mass is 10.2. The molecule has 9 heteroatoms. The Balaban J connectivity index is 1.61. The Hall–Kier alpha value is -3.88. The summed E-state index contributed by atoms with van der Waals surface area (Å²) in [6.07, 6.45) is -1.46. The number of halogens is 3. The minimum absolute atomic E-state index is 0.0155. The molecule has 0 bridgehead atoms. The molecule has 0 saturated carbocycles. The van der Waals surface area contributed by atoms with Gasteiger partial charge in [0.05, 0.1) is 24.0 Å². The second-order valence-corrected chi connectivity index (χ2v) is 6.13. The highest BCUT2D eigenvalue weighted by atomic mass is 19.4. The summed E-state index contributed by atoms with van der Waals surface area (Å²) >= 11 is 0. The fourth-order valence-corrected chi connectivity index (χ4v) is 2.48. The smallest absolute Gasteiger partial charge is 0.416 e. The molecule has 0 radical (unpaired) electrons. The molecule has 0 fully saturated rings. The maximum atomic E-state index is 12.8. The summed E-state index contributed by atoms with van der Waals surface area (Å²) in [6, 6.07) is 13.6. The molecule has 0 atom stereocenters. The lowest BCUT2D eigenvalue weighted by Crippen LogP contribution is -2.32. The Bertz CT molecular complexity index is 1040. The molecule has 2 aromatic carbocycles. The number of nitrogens with zero attached hydrogens (tertiary/aromatic N) is 1. The van der Waals surface area contributed by atoms with Crippen LogP contribution in [0.5, 0.6) is 11.5 Å². The van der Waals surface area contributed by atoms with Crippen LogP contribution in [0.25, 0.3) is 0 Å². The second-order valence-electron chi connectivity index (χ2n) is 6.13. The number of alkyl halides is 3. The van der Waals surface area contributed by atoms with Crippen LogP contribution >= 0.6 is 0 Å². The number of amides is 2. The minimum atomic E-state index is -4.49. The van der Waals surface area contributed by atoms with Gasteiger partial charge in [-0.25, -0.2) is 0 Å². The summed E-state index contributed by atoms with van der Waals surface area (Å²) in [5.74, 6) is -0.807. The van der Waals surface area contributed by atoms with Crippen LogP contribution < -0.4 is 15.4 Å². The second kappa shape index (κ2) is 9.08. The molecule has 154 valence electrons. The first-order valence-corrected chi connectivity index (χ1v) is 8.74. The van der Waals surface area contributed by atoms with E-state index in [1.165, 1.54) is 42.6 Å². The van der Waals surface area contributed by atoms with Gasteiger partial charge in [-0.15, -0.1) is 0 Å². The lowest BCUT2D eigenvalue weighted by molar-refractivity contribution is -0.137. The third kappa shape index (κ3) is 5.81. The SMILES string of the molecule is O=C(CNC(=O)c1cccc(Oc2cccc(C(F)(F)F)c2)c1)Nc1cccnc1. The van der Waals surface area contributed by atoms with Crippen molar-refractivity contribution in [3.63, 3.8) is 0 Å². The monoisotopic (exact) mass is 415 g/mol. The lowest BCUT2D eigenvalue weighted by Gasteiger charge is -2.11. The first-order valence-electron chi connectivity index (χ1n) is 8.74. The first-order chi connectivity index (χ1) is 14.3. The van der Waals surface area contributed by atoms with Crippen molar-refractivity contribution >= 4 is 17.5 Å². The maximum absolute atomic E-state index is 12.8. The zero-order valence-corrected chi connectivity index (χ0v) is 15.4. The zero-order valence-electron chi connectivity index (χ0n) is 15.4. The van der Waals surface area contributed by atoms with Gasteiger partial charge < -0.3 is 15.4 Å². The van der Waals surface area contributed by atoms with Gasteiger partial charge in [0.2, 0.25) is 5.91 Å². The predicted octanol–water partition coefficient (Wildman–Crippen LogP) is 4.26. The van der Waals surface area contributed by atoms with Crippen molar-refractivity contribution in [1.29, 1.82) is 0 Å². The number of hydrogen-bond donors (Lipinski definition) is 2. The van der Waals surface area contributed by atoms with Gasteiger partial charge in [-0.05, 0) is 48.5 Å². The molecule has 30 heavy (non-hydrogen) atoms. The largest absolute Gasteiger partial charge is 0.457 e. The molecule has 0 aliphatic heterocycles. The topological polar surface area (TPSA) is 80.3 Å². The summed E-state index contributed by atoms with van der Waals surface area (Å²) in [5, 5.41) is 5.04. The molecule has 6 nitrogen and oxygen atoms in total. The summed E-state index contributed by atoms with van der Waals surface area (Å²) in [6.45, 7) is -0.271. The number of pyridine rings is 1. The van der Waals surface area contributed by atoms with Gasteiger partial charge in [0, 0.05) is 11.8 Å². The van der Waals surface area contributed by atoms with E-state index in [2.05, 4.69) is 15.6 Å². The van der Waals surface area contributed by atoms with Crippen molar-refractivity contribution in [2.75, 3.05) is 11.9 Å². The fourth-order valence-electron chi connectivity index (χ4n) is 2.48. The van der Waals surface area contributed by atoms with Crippen molar-refractivity contribution in [2.45, 2.75) is 6.18 Å². The molecule has 3 aromatic rings. The van der Waals surface area contributed by atoms with Gasteiger partial charge in [0.1, 0.15) is 11.5 Å². The van der Waals surface area contributed by atoms with E-state index in [4.69, 9.17) is 4.74 Å². The molecule has 1 aromatic heterocycles. The number of anilines is 1. The Morgan fingerprint density at radius 1 is 0.967 bits per heavy atom. The number of rotatable bonds is 6. The van der Waals surface area contributed by atoms with E-state index in [0.717, 1.165) is 12.1 Å². The van der Waals surface area contributed by atoms with Crippen LogP contribution in [0.2, 0.25) is 0 Å². The molecule has 0 spiro atoms. The molecule has 0 unspecified atom stereocenters. The van der Waals surface area contributed by atoms with Crippen LogP contribution in [0.1, 0.15) is 15.9 Å². The quantitative estimate of drug-likeness (QED) is 0.631. The minimum Gasteiger partial charge on any atom is -0.457 e. The maximum Gasteiger partial charge on any atom is 0.416 e. The van der Waals surface area contributed by atoms with Crippen LogP contribution in [0.3, 0.4) is 0 Å². The zero-order chi connectivity index (χ0) is 21.6. The standard InChI is InChI=1S/C21H16F3N3O3/c22-21(23,24)15-5-2-8-18(11-15)30-17-7-1-4-14(10-17)20(29)26-13-19(28)27-16-6-3-9-25-12-16/h1-12H,13H2,(H,26,29)(H,27,28). The van der Waals surface area contributed by atoms with E-state index in [9.17, 15) is 22.8 Å². The fraction of sp³-hybridized carbons (Fsp3) is 0.0952. The van der Waals surface area contributed by atoms with Crippen LogP contribution in [-0.4, -0.2) is 23.3 Å². The third-order valence-corrected chi connectivity index (χ3v) is 3.85. The Labute approximate surface area is 169 Å². The number of nitrogens with one attached hydrogen (secondary N) is 2. The normalized spacial score (nSPS) is 10.9. The van der Waals surface area contributed by atoms with E-state index in [0.29, 0.717) is 5.69 Å². The molecule has 1 heterocycles. The molecule has 3 rings (SSSR count). The summed E-state index contributed by atoms with van der Waals surface area (Å²) in [7, 11) is 0. The van der Waals surface area contributed by atoms with Gasteiger partial charge in [-0.2, -0.15) is 13.2 Å². The number of hydrogen-bond acceptors (Lipinski definition) is 4. The van der Waals surface area contributed by atoms with Gasteiger partial charge >= 0.3 is 6.18 Å². The average molecular weight is 415 g/mol. The molecule has 0 aliphatic carbocycles. The summed E-state index contributed by atoms with van der Waals surface area (Å²) in [4.78, 5) is 28.0. The highest BCUT2D eigenvalue weighted by Crippen LogP contribution is 2.32. The summed E-state index contributed by atoms with van der Waals surface area (Å²) in [5.41, 5.74) is -0.157. The van der Waals surface area contributed by atoms with Gasteiger partial charge in [-0.3, -0.25) is 14.6 Å². The van der Waals surface area contributed by atoms with Gasteiger partial charge in [-0.1, -0.05) is 12.1 Å². The third-order valence-electron chi connectivity index (χ3n) is 3.85. The predicted molar refractivity (Wildman–Crippen MR) is 103 cm³/mol. The molecular weight excluding hydrogens is 399 g/mol. The molecule has 0 saturated heterocycles. The van der Waals surface area contributed by atoms with E-state index in [-0.39, 0.29) is 23.6 Å². The highest BCUT2D eigenvalue weighted by Gasteiger charge is 2.30. The Kier molecular flexibility index (Phi) is 6.31. The van der Waals surface area contributed by atoms with Crippen LogP contribution in [0.4, 0.5) is 18.9 Å². The van der Waals surface area contributed by atoms with Crippen molar-refractivity contribution in [2.24, 2.45) is 0 Å². The van der Waals surface area contributed by atoms with E-state index >= 15 is 0 Å². The van der Waals surface area contributed by atoms with Crippen LogP contribution in [0.15, 0.2) is 73.1 Å². The Morgan fingerprint density at radius 3 is 2.40 bits per heavy atom. The summed E-state index contributed by atoms with van der Waals surface area (Å²) < 4.78 is 43.9. The van der Waals surface area contributed by atoms with Crippen molar-refractivity contribution in [3.05, 3.63) is 84.2 Å². The van der Waals surface area contributed by atoms with E-state index < -0.39 is 23.6 Å². The van der Waals surface area contributed by atoms with Crippen molar-refractivity contribution in [3.8, 4) is 11.5 Å².